The van der Waals surface area contributed by atoms with E-state index in [0.717, 1.165) is 42.4 Å². The number of para-hydroxylation sites is 1. The van der Waals surface area contributed by atoms with Crippen molar-refractivity contribution in [2.75, 3.05) is 13.1 Å². The molecule has 0 aliphatic carbocycles. The van der Waals surface area contributed by atoms with Crippen LogP contribution in [0.4, 0.5) is 0 Å². The molecule has 1 aromatic carbocycles. The molecule has 1 saturated heterocycles. The Bertz CT molecular complexity index is 555. The van der Waals surface area contributed by atoms with Crippen LogP contribution in [0, 0.1) is 0 Å². The highest BCUT2D eigenvalue weighted by Crippen LogP contribution is 2.18. The number of rotatable bonds is 2. The fourth-order valence-electron chi connectivity index (χ4n) is 2.49. The van der Waals surface area contributed by atoms with Crippen molar-refractivity contribution in [3.63, 3.8) is 0 Å². The molecule has 0 saturated carbocycles. The quantitative estimate of drug-likeness (QED) is 0.751. The maximum absolute atomic E-state index is 12.2. The van der Waals surface area contributed by atoms with Crippen LogP contribution in [0.25, 0.3) is 10.9 Å². The van der Waals surface area contributed by atoms with E-state index in [0.29, 0.717) is 6.04 Å². The van der Waals surface area contributed by atoms with Crippen LogP contribution < -0.4 is 10.6 Å². The molecular weight excluding hydrogens is 226 g/mol. The molecule has 3 N–H and O–H groups in total. The van der Waals surface area contributed by atoms with Gasteiger partial charge in [-0.25, -0.2) is 0 Å². The highest BCUT2D eigenvalue weighted by Gasteiger charge is 2.18. The van der Waals surface area contributed by atoms with E-state index in [2.05, 4.69) is 15.6 Å². The van der Waals surface area contributed by atoms with E-state index >= 15 is 0 Å². The summed E-state index contributed by atoms with van der Waals surface area (Å²) in [6.07, 6.45) is 3.81. The first-order chi connectivity index (χ1) is 8.84. The zero-order valence-corrected chi connectivity index (χ0v) is 10.2. The largest absolute Gasteiger partial charge is 0.360 e. The molecule has 0 unspecified atom stereocenters. The van der Waals surface area contributed by atoms with Gasteiger partial charge < -0.3 is 15.6 Å². The van der Waals surface area contributed by atoms with Gasteiger partial charge in [0.25, 0.3) is 5.91 Å². The Hall–Kier alpha value is -1.81. The molecule has 1 aliphatic rings. The van der Waals surface area contributed by atoms with Crippen LogP contribution in [-0.2, 0) is 0 Å². The minimum absolute atomic E-state index is 0.0272. The second-order valence-corrected chi connectivity index (χ2v) is 4.75. The summed E-state index contributed by atoms with van der Waals surface area (Å²) in [6.45, 7) is 1.97. The summed E-state index contributed by atoms with van der Waals surface area (Å²) in [7, 11) is 0. The Morgan fingerprint density at radius 3 is 2.83 bits per heavy atom. The number of aromatic amines is 1. The summed E-state index contributed by atoms with van der Waals surface area (Å²) in [5, 5.41) is 7.40. The molecule has 1 aromatic heterocycles. The van der Waals surface area contributed by atoms with Crippen LogP contribution in [0.1, 0.15) is 23.2 Å². The maximum atomic E-state index is 12.2. The number of hydrogen-bond donors (Lipinski definition) is 3. The van der Waals surface area contributed by atoms with Crippen LogP contribution >= 0.6 is 0 Å². The fourth-order valence-corrected chi connectivity index (χ4v) is 2.49. The number of carbonyl (C=O) groups is 1. The van der Waals surface area contributed by atoms with Gasteiger partial charge in [-0.05, 0) is 32.0 Å². The second kappa shape index (κ2) is 4.82. The van der Waals surface area contributed by atoms with Gasteiger partial charge in [0, 0.05) is 23.1 Å². The van der Waals surface area contributed by atoms with Crippen LogP contribution in [-0.4, -0.2) is 30.0 Å². The maximum Gasteiger partial charge on any atom is 0.253 e. The lowest BCUT2D eigenvalue weighted by Gasteiger charge is -2.23. The van der Waals surface area contributed by atoms with Gasteiger partial charge in [-0.2, -0.15) is 0 Å². The third-order valence-electron chi connectivity index (χ3n) is 3.51. The molecular formula is C14H17N3O. The Morgan fingerprint density at radius 2 is 2.00 bits per heavy atom. The lowest BCUT2D eigenvalue weighted by Crippen LogP contribution is -2.42. The zero-order valence-electron chi connectivity index (χ0n) is 10.2. The molecule has 3 rings (SSSR count). The van der Waals surface area contributed by atoms with Crippen molar-refractivity contribution in [1.82, 2.24) is 15.6 Å². The van der Waals surface area contributed by atoms with Crippen LogP contribution in [0.5, 0.6) is 0 Å². The number of fused-ring (bicyclic) bond motifs is 1. The topological polar surface area (TPSA) is 56.9 Å². The van der Waals surface area contributed by atoms with Crippen molar-refractivity contribution in [1.29, 1.82) is 0 Å². The molecule has 0 spiro atoms. The normalized spacial score (nSPS) is 16.9. The van der Waals surface area contributed by atoms with Crippen molar-refractivity contribution >= 4 is 16.8 Å². The first-order valence-electron chi connectivity index (χ1n) is 6.42. The van der Waals surface area contributed by atoms with Gasteiger partial charge in [-0.3, -0.25) is 4.79 Å². The smallest absolute Gasteiger partial charge is 0.253 e. The average molecular weight is 243 g/mol. The molecule has 4 heteroatoms. The monoisotopic (exact) mass is 243 g/mol. The van der Waals surface area contributed by atoms with E-state index < -0.39 is 0 Å². The third kappa shape index (κ3) is 2.11. The highest BCUT2D eigenvalue weighted by atomic mass is 16.1. The molecule has 0 radical (unpaired) electrons. The molecule has 1 fully saturated rings. The minimum Gasteiger partial charge on any atom is -0.360 e. The van der Waals surface area contributed by atoms with Crippen LogP contribution in [0.2, 0.25) is 0 Å². The summed E-state index contributed by atoms with van der Waals surface area (Å²) in [6, 6.07) is 8.18. The van der Waals surface area contributed by atoms with Gasteiger partial charge in [0.1, 0.15) is 0 Å². The van der Waals surface area contributed by atoms with Gasteiger partial charge >= 0.3 is 0 Å². The summed E-state index contributed by atoms with van der Waals surface area (Å²) < 4.78 is 0. The Balaban J connectivity index is 1.79. The van der Waals surface area contributed by atoms with E-state index in [4.69, 9.17) is 0 Å². The van der Waals surface area contributed by atoms with Gasteiger partial charge in [-0.1, -0.05) is 18.2 Å². The van der Waals surface area contributed by atoms with E-state index in [1.54, 1.807) is 6.20 Å². The van der Waals surface area contributed by atoms with E-state index in [1.807, 2.05) is 24.3 Å². The molecule has 94 valence electrons. The standard InChI is InChI=1S/C14H17N3O/c18-14(17-10-5-7-15-8-6-10)12-9-16-13-4-2-1-3-11(12)13/h1-4,9-10,15-16H,5-8H2,(H,17,18). The van der Waals surface area contributed by atoms with E-state index in [9.17, 15) is 4.79 Å². The number of carbonyl (C=O) groups excluding carboxylic acids is 1. The van der Waals surface area contributed by atoms with Crippen LogP contribution in [0.15, 0.2) is 30.5 Å². The molecule has 0 bridgehead atoms. The number of amides is 1. The Kier molecular flexibility index (Phi) is 3.02. The molecule has 18 heavy (non-hydrogen) atoms. The summed E-state index contributed by atoms with van der Waals surface area (Å²) in [5.41, 5.74) is 1.75. The van der Waals surface area contributed by atoms with Crippen molar-refractivity contribution in [3.05, 3.63) is 36.0 Å². The zero-order chi connectivity index (χ0) is 12.4. The average Bonchev–Trinajstić information content (AvgIpc) is 2.84. The van der Waals surface area contributed by atoms with Gasteiger partial charge in [0.15, 0.2) is 0 Å². The predicted octanol–water partition coefficient (Wildman–Crippen LogP) is 1.65. The molecule has 2 heterocycles. The lowest BCUT2D eigenvalue weighted by molar-refractivity contribution is 0.0931. The number of nitrogens with one attached hydrogen (secondary N) is 3. The Labute approximate surface area is 106 Å². The van der Waals surface area contributed by atoms with Crippen molar-refractivity contribution in [2.45, 2.75) is 18.9 Å². The van der Waals surface area contributed by atoms with E-state index in [-0.39, 0.29) is 5.91 Å². The number of benzene rings is 1. The van der Waals surface area contributed by atoms with E-state index in [1.165, 1.54) is 0 Å². The number of aromatic nitrogens is 1. The predicted molar refractivity (Wildman–Crippen MR) is 71.7 cm³/mol. The van der Waals surface area contributed by atoms with Gasteiger partial charge in [0.2, 0.25) is 0 Å². The molecule has 1 aliphatic heterocycles. The van der Waals surface area contributed by atoms with Gasteiger partial charge in [0.05, 0.1) is 5.56 Å². The van der Waals surface area contributed by atoms with Crippen LogP contribution in [0.3, 0.4) is 0 Å². The van der Waals surface area contributed by atoms with Gasteiger partial charge in [-0.15, -0.1) is 0 Å². The Morgan fingerprint density at radius 1 is 1.22 bits per heavy atom. The number of hydrogen-bond acceptors (Lipinski definition) is 2. The first kappa shape index (κ1) is 11.3. The molecule has 1 amide bonds. The minimum atomic E-state index is 0.0272. The first-order valence-corrected chi connectivity index (χ1v) is 6.42. The van der Waals surface area contributed by atoms with Crippen molar-refractivity contribution < 1.29 is 4.79 Å². The number of H-pyrrole nitrogens is 1. The molecule has 0 atom stereocenters. The third-order valence-corrected chi connectivity index (χ3v) is 3.51. The molecule has 2 aromatic rings. The lowest BCUT2D eigenvalue weighted by atomic mass is 10.1. The highest BCUT2D eigenvalue weighted by molar-refractivity contribution is 6.06. The van der Waals surface area contributed by atoms with Crippen molar-refractivity contribution in [3.8, 4) is 0 Å². The molecule has 4 nitrogen and oxygen atoms in total. The number of piperidine rings is 1. The van der Waals surface area contributed by atoms with Crippen molar-refractivity contribution in [2.24, 2.45) is 0 Å². The summed E-state index contributed by atoms with van der Waals surface area (Å²) >= 11 is 0. The summed E-state index contributed by atoms with van der Waals surface area (Å²) in [5.74, 6) is 0.0272. The summed E-state index contributed by atoms with van der Waals surface area (Å²) in [4.78, 5) is 15.4. The second-order valence-electron chi connectivity index (χ2n) is 4.75. The fraction of sp³-hybridized carbons (Fsp3) is 0.357. The SMILES string of the molecule is O=C(NC1CCNCC1)c1c[nH]c2ccccc12.